The molecule has 1 aromatic rings. The van der Waals surface area contributed by atoms with Crippen LogP contribution in [0.3, 0.4) is 0 Å². The van der Waals surface area contributed by atoms with Crippen molar-refractivity contribution >= 4 is 18.3 Å². The molecule has 128 valence electrons. The molecule has 1 N–H and O–H groups in total. The van der Waals surface area contributed by atoms with E-state index in [0.717, 1.165) is 45.7 Å². The van der Waals surface area contributed by atoms with Crippen LogP contribution in [-0.2, 0) is 11.2 Å². The first kappa shape index (κ1) is 18.2. The molecule has 2 heterocycles. The molecule has 2 aliphatic heterocycles. The first-order chi connectivity index (χ1) is 10.7. The fraction of sp³-hybridized carbons (Fsp3) is 0.611. The van der Waals surface area contributed by atoms with Crippen molar-refractivity contribution in [1.82, 2.24) is 15.1 Å². The summed E-state index contributed by atoms with van der Waals surface area (Å²) in [4.78, 5) is 17.0. The summed E-state index contributed by atoms with van der Waals surface area (Å²) in [5.41, 5.74) is 2.53. The van der Waals surface area contributed by atoms with Crippen LogP contribution in [0.4, 0.5) is 0 Å². The van der Waals surface area contributed by atoms with E-state index in [1.807, 2.05) is 4.90 Å². The van der Waals surface area contributed by atoms with Crippen molar-refractivity contribution in [3.05, 3.63) is 35.4 Å². The van der Waals surface area contributed by atoms with E-state index in [-0.39, 0.29) is 12.4 Å². The molecule has 0 radical (unpaired) electrons. The zero-order chi connectivity index (χ0) is 15.4. The van der Waals surface area contributed by atoms with E-state index in [1.54, 1.807) is 0 Å². The van der Waals surface area contributed by atoms with Gasteiger partial charge in [0.25, 0.3) is 0 Å². The molecule has 1 unspecified atom stereocenters. The third-order valence-electron chi connectivity index (χ3n) is 4.97. The zero-order valence-electron chi connectivity index (χ0n) is 14.0. The Morgan fingerprint density at radius 3 is 2.48 bits per heavy atom. The monoisotopic (exact) mass is 337 g/mol. The van der Waals surface area contributed by atoms with Gasteiger partial charge in [-0.15, -0.1) is 12.4 Å². The first-order valence-corrected chi connectivity index (χ1v) is 8.50. The Morgan fingerprint density at radius 1 is 1.17 bits per heavy atom. The number of rotatable bonds is 4. The van der Waals surface area contributed by atoms with Crippen molar-refractivity contribution in [2.24, 2.45) is 0 Å². The average molecular weight is 338 g/mol. The Kier molecular flexibility index (Phi) is 6.88. The minimum Gasteiger partial charge on any atom is -0.340 e. The van der Waals surface area contributed by atoms with Gasteiger partial charge in [-0.3, -0.25) is 9.69 Å². The predicted octanol–water partition coefficient (Wildman–Crippen LogP) is 1.86. The average Bonchev–Trinajstić information content (AvgIpc) is 3.09. The Hall–Kier alpha value is -1.10. The van der Waals surface area contributed by atoms with Crippen LogP contribution in [0.25, 0.3) is 0 Å². The van der Waals surface area contributed by atoms with E-state index in [4.69, 9.17) is 0 Å². The van der Waals surface area contributed by atoms with E-state index in [2.05, 4.69) is 41.4 Å². The zero-order valence-corrected chi connectivity index (χ0v) is 14.8. The number of amides is 1. The van der Waals surface area contributed by atoms with Crippen LogP contribution in [0.15, 0.2) is 24.3 Å². The van der Waals surface area contributed by atoms with Crippen molar-refractivity contribution in [1.29, 1.82) is 0 Å². The molecular formula is C18H28ClN3O. The molecule has 2 fully saturated rings. The highest BCUT2D eigenvalue weighted by Crippen LogP contribution is 2.13. The van der Waals surface area contributed by atoms with Crippen molar-refractivity contribution in [2.75, 3.05) is 39.3 Å². The van der Waals surface area contributed by atoms with E-state index in [0.29, 0.717) is 18.4 Å². The number of hydrogen-bond acceptors (Lipinski definition) is 3. The lowest BCUT2D eigenvalue weighted by Crippen LogP contribution is -2.52. The van der Waals surface area contributed by atoms with Crippen molar-refractivity contribution in [3.63, 3.8) is 0 Å². The lowest BCUT2D eigenvalue weighted by molar-refractivity contribution is -0.133. The van der Waals surface area contributed by atoms with Crippen LogP contribution >= 0.6 is 12.4 Å². The van der Waals surface area contributed by atoms with Gasteiger partial charge in [0.15, 0.2) is 0 Å². The van der Waals surface area contributed by atoms with Crippen molar-refractivity contribution < 1.29 is 4.79 Å². The third kappa shape index (κ3) is 4.93. The number of carbonyl (C=O) groups is 1. The third-order valence-corrected chi connectivity index (χ3v) is 4.97. The summed E-state index contributed by atoms with van der Waals surface area (Å²) in [7, 11) is 0. The summed E-state index contributed by atoms with van der Waals surface area (Å²) in [6, 6.07) is 9.19. The number of nitrogens with one attached hydrogen (secondary N) is 1. The quantitative estimate of drug-likeness (QED) is 0.911. The maximum absolute atomic E-state index is 12.4. The highest BCUT2D eigenvalue weighted by Gasteiger charge is 2.27. The standard InChI is InChI=1S/C18H27N3O.ClH/c1-15-2-4-16(5-3-15)6-7-18(22)21-12-10-20(11-13-21)17-8-9-19-14-17;/h2-5,17,19H,6-14H2,1H3;1H. The SMILES string of the molecule is Cc1ccc(CCC(=O)N2CCN(C3CCNC3)CC2)cc1.Cl. The molecular weight excluding hydrogens is 310 g/mol. The molecule has 3 rings (SSSR count). The number of carbonyl (C=O) groups excluding carboxylic acids is 1. The molecule has 1 atom stereocenters. The summed E-state index contributed by atoms with van der Waals surface area (Å²) < 4.78 is 0. The molecule has 4 nitrogen and oxygen atoms in total. The van der Waals surface area contributed by atoms with Gasteiger partial charge < -0.3 is 10.2 Å². The second kappa shape index (κ2) is 8.67. The molecule has 2 saturated heterocycles. The van der Waals surface area contributed by atoms with Gasteiger partial charge in [-0.1, -0.05) is 29.8 Å². The highest BCUT2D eigenvalue weighted by atomic mass is 35.5. The van der Waals surface area contributed by atoms with Gasteiger partial charge in [0.1, 0.15) is 0 Å². The molecule has 23 heavy (non-hydrogen) atoms. The molecule has 0 saturated carbocycles. The molecule has 0 aliphatic carbocycles. The highest BCUT2D eigenvalue weighted by molar-refractivity contribution is 5.85. The predicted molar refractivity (Wildman–Crippen MR) is 96.2 cm³/mol. The number of nitrogens with zero attached hydrogens (tertiary/aromatic N) is 2. The fourth-order valence-electron chi connectivity index (χ4n) is 3.45. The Morgan fingerprint density at radius 2 is 1.87 bits per heavy atom. The Bertz CT molecular complexity index is 491. The van der Waals surface area contributed by atoms with Crippen LogP contribution in [0.1, 0.15) is 24.0 Å². The number of hydrogen-bond donors (Lipinski definition) is 1. The van der Waals surface area contributed by atoms with E-state index in [9.17, 15) is 4.79 Å². The van der Waals surface area contributed by atoms with E-state index in [1.165, 1.54) is 17.5 Å². The van der Waals surface area contributed by atoms with Gasteiger partial charge in [0.2, 0.25) is 5.91 Å². The maximum atomic E-state index is 12.4. The van der Waals surface area contributed by atoms with Crippen LogP contribution in [0.5, 0.6) is 0 Å². The maximum Gasteiger partial charge on any atom is 0.222 e. The largest absolute Gasteiger partial charge is 0.340 e. The van der Waals surface area contributed by atoms with Gasteiger partial charge >= 0.3 is 0 Å². The van der Waals surface area contributed by atoms with Crippen molar-refractivity contribution in [2.45, 2.75) is 32.2 Å². The van der Waals surface area contributed by atoms with Crippen LogP contribution in [0, 0.1) is 6.92 Å². The molecule has 1 aromatic carbocycles. The molecule has 0 bridgehead atoms. The lowest BCUT2D eigenvalue weighted by atomic mass is 10.1. The van der Waals surface area contributed by atoms with Gasteiger partial charge in [-0.2, -0.15) is 0 Å². The summed E-state index contributed by atoms with van der Waals surface area (Å²) in [6.45, 7) is 8.19. The number of aryl methyl sites for hydroxylation is 2. The van der Waals surface area contributed by atoms with E-state index < -0.39 is 0 Å². The molecule has 0 aromatic heterocycles. The van der Waals surface area contributed by atoms with Crippen LogP contribution in [0.2, 0.25) is 0 Å². The Balaban J connectivity index is 0.00000192. The summed E-state index contributed by atoms with van der Waals surface area (Å²) in [6.07, 6.45) is 2.74. The molecule has 0 spiro atoms. The van der Waals surface area contributed by atoms with Gasteiger partial charge in [0, 0.05) is 45.2 Å². The number of benzene rings is 1. The first-order valence-electron chi connectivity index (χ1n) is 8.50. The summed E-state index contributed by atoms with van der Waals surface area (Å²) in [5.74, 6) is 0.310. The smallest absolute Gasteiger partial charge is 0.222 e. The summed E-state index contributed by atoms with van der Waals surface area (Å²) in [5, 5.41) is 3.42. The topological polar surface area (TPSA) is 35.6 Å². The second-order valence-corrected chi connectivity index (χ2v) is 6.55. The molecule has 5 heteroatoms. The minimum atomic E-state index is 0. The minimum absolute atomic E-state index is 0. The van der Waals surface area contributed by atoms with Gasteiger partial charge in [0.05, 0.1) is 0 Å². The Labute approximate surface area is 145 Å². The van der Waals surface area contributed by atoms with Crippen LogP contribution < -0.4 is 5.32 Å². The van der Waals surface area contributed by atoms with Crippen LogP contribution in [-0.4, -0.2) is 61.0 Å². The number of halogens is 1. The van der Waals surface area contributed by atoms with Crippen molar-refractivity contribution in [3.8, 4) is 0 Å². The number of piperazine rings is 1. The molecule has 1 amide bonds. The van der Waals surface area contributed by atoms with E-state index >= 15 is 0 Å². The summed E-state index contributed by atoms with van der Waals surface area (Å²) >= 11 is 0. The van der Waals surface area contributed by atoms with Gasteiger partial charge in [-0.25, -0.2) is 0 Å². The second-order valence-electron chi connectivity index (χ2n) is 6.55. The van der Waals surface area contributed by atoms with Gasteiger partial charge in [-0.05, 0) is 31.9 Å². The molecule has 2 aliphatic rings. The fourth-order valence-corrected chi connectivity index (χ4v) is 3.45. The normalized spacial score (nSPS) is 22.0. The lowest BCUT2D eigenvalue weighted by Gasteiger charge is -2.37.